The molecule has 3 N–H and O–H groups in total. The molecule has 1 aromatic rings. The highest BCUT2D eigenvalue weighted by Gasteiger charge is 2.25. The lowest BCUT2D eigenvalue weighted by atomic mass is 9.91. The van der Waals surface area contributed by atoms with Crippen molar-refractivity contribution in [3.05, 3.63) is 11.9 Å². The number of methoxy groups -OCH3 is 1. The van der Waals surface area contributed by atoms with Crippen LogP contribution in [0.4, 0.5) is 0 Å². The SMILES string of the molecule is COc1cnn(C(C)C)c1C(CC1CCCCCC1)NN. The number of rotatable bonds is 6. The summed E-state index contributed by atoms with van der Waals surface area (Å²) in [6.45, 7) is 4.27. The third kappa shape index (κ3) is 3.98. The molecule has 1 aromatic heterocycles. The Kier molecular flexibility index (Phi) is 6.06. The Morgan fingerprint density at radius 2 is 2.00 bits per heavy atom. The van der Waals surface area contributed by atoms with E-state index in [0.29, 0.717) is 6.04 Å². The van der Waals surface area contributed by atoms with Gasteiger partial charge in [-0.15, -0.1) is 0 Å². The maximum Gasteiger partial charge on any atom is 0.161 e. The van der Waals surface area contributed by atoms with Crippen LogP contribution in [0.5, 0.6) is 5.75 Å². The number of nitrogens with zero attached hydrogens (tertiary/aromatic N) is 2. The largest absolute Gasteiger partial charge is 0.493 e. The summed E-state index contributed by atoms with van der Waals surface area (Å²) >= 11 is 0. The Morgan fingerprint density at radius 3 is 2.52 bits per heavy atom. The van der Waals surface area contributed by atoms with Gasteiger partial charge in [-0.05, 0) is 26.2 Å². The number of aromatic nitrogens is 2. The van der Waals surface area contributed by atoms with Crippen LogP contribution >= 0.6 is 0 Å². The van der Waals surface area contributed by atoms with Crippen molar-refractivity contribution in [2.45, 2.75) is 70.9 Å². The summed E-state index contributed by atoms with van der Waals surface area (Å²) in [6.07, 6.45) is 10.9. The predicted molar refractivity (Wildman–Crippen MR) is 85.0 cm³/mol. The van der Waals surface area contributed by atoms with Crippen molar-refractivity contribution in [3.8, 4) is 5.75 Å². The molecule has 0 aromatic carbocycles. The van der Waals surface area contributed by atoms with Crippen molar-refractivity contribution in [2.75, 3.05) is 7.11 Å². The summed E-state index contributed by atoms with van der Waals surface area (Å²) in [4.78, 5) is 0. The summed E-state index contributed by atoms with van der Waals surface area (Å²) in [5, 5.41) is 4.46. The third-order valence-corrected chi connectivity index (χ3v) is 4.58. The normalized spacial score (nSPS) is 18.7. The number of hydrogen-bond acceptors (Lipinski definition) is 4. The molecule has 1 unspecified atom stereocenters. The summed E-state index contributed by atoms with van der Waals surface area (Å²) < 4.78 is 7.52. The molecule has 21 heavy (non-hydrogen) atoms. The zero-order valence-corrected chi connectivity index (χ0v) is 13.6. The molecule has 1 heterocycles. The quantitative estimate of drug-likeness (QED) is 0.480. The van der Waals surface area contributed by atoms with Gasteiger partial charge >= 0.3 is 0 Å². The van der Waals surface area contributed by atoms with Crippen molar-refractivity contribution >= 4 is 0 Å². The monoisotopic (exact) mass is 294 g/mol. The van der Waals surface area contributed by atoms with Crippen molar-refractivity contribution in [1.29, 1.82) is 0 Å². The van der Waals surface area contributed by atoms with E-state index in [9.17, 15) is 0 Å². The first-order chi connectivity index (χ1) is 10.2. The van der Waals surface area contributed by atoms with Crippen LogP contribution in [-0.4, -0.2) is 16.9 Å². The molecule has 1 aliphatic carbocycles. The molecular weight excluding hydrogens is 264 g/mol. The molecule has 1 saturated carbocycles. The third-order valence-electron chi connectivity index (χ3n) is 4.58. The Hall–Kier alpha value is -1.07. The van der Waals surface area contributed by atoms with Gasteiger partial charge in [0.1, 0.15) is 0 Å². The van der Waals surface area contributed by atoms with Gasteiger partial charge in [0.25, 0.3) is 0 Å². The summed E-state index contributed by atoms with van der Waals surface area (Å²) in [6, 6.07) is 0.404. The van der Waals surface area contributed by atoms with Crippen LogP contribution in [0.1, 0.15) is 76.6 Å². The first-order valence-electron chi connectivity index (χ1n) is 8.24. The summed E-state index contributed by atoms with van der Waals surface area (Å²) in [5.41, 5.74) is 4.08. The molecule has 0 bridgehead atoms. The van der Waals surface area contributed by atoms with Crippen LogP contribution in [0.25, 0.3) is 0 Å². The van der Waals surface area contributed by atoms with Gasteiger partial charge in [-0.25, -0.2) is 0 Å². The molecule has 1 aliphatic rings. The predicted octanol–water partition coefficient (Wildman–Crippen LogP) is 3.34. The highest BCUT2D eigenvalue weighted by molar-refractivity contribution is 5.28. The minimum Gasteiger partial charge on any atom is -0.493 e. The molecule has 120 valence electrons. The number of ether oxygens (including phenoxy) is 1. The zero-order valence-electron chi connectivity index (χ0n) is 13.6. The smallest absolute Gasteiger partial charge is 0.161 e. The van der Waals surface area contributed by atoms with Crippen molar-refractivity contribution in [1.82, 2.24) is 15.2 Å². The minimum absolute atomic E-state index is 0.105. The Morgan fingerprint density at radius 1 is 1.33 bits per heavy atom. The molecule has 1 fully saturated rings. The Labute approximate surface area is 128 Å². The lowest BCUT2D eigenvalue weighted by molar-refractivity contribution is 0.326. The first-order valence-corrected chi connectivity index (χ1v) is 8.24. The van der Waals surface area contributed by atoms with Crippen molar-refractivity contribution < 1.29 is 4.74 Å². The van der Waals surface area contributed by atoms with Crippen molar-refractivity contribution in [2.24, 2.45) is 11.8 Å². The van der Waals surface area contributed by atoms with Gasteiger partial charge in [-0.3, -0.25) is 16.0 Å². The Balaban J connectivity index is 2.17. The van der Waals surface area contributed by atoms with E-state index >= 15 is 0 Å². The second kappa shape index (κ2) is 7.80. The van der Waals surface area contributed by atoms with Gasteiger partial charge in [0.05, 0.1) is 25.0 Å². The average Bonchev–Trinajstić information content (AvgIpc) is 2.74. The molecule has 0 saturated heterocycles. The molecule has 1 atom stereocenters. The molecule has 0 radical (unpaired) electrons. The lowest BCUT2D eigenvalue weighted by Crippen LogP contribution is -2.32. The molecule has 0 aliphatic heterocycles. The topological polar surface area (TPSA) is 65.1 Å². The Bertz CT molecular complexity index is 422. The fraction of sp³-hybridized carbons (Fsp3) is 0.812. The van der Waals surface area contributed by atoms with E-state index in [2.05, 4.69) is 24.4 Å². The van der Waals surface area contributed by atoms with Crippen molar-refractivity contribution in [3.63, 3.8) is 0 Å². The number of hydrazine groups is 1. The van der Waals surface area contributed by atoms with Crippen LogP contribution in [0.2, 0.25) is 0 Å². The number of hydrogen-bond donors (Lipinski definition) is 2. The van der Waals surface area contributed by atoms with Crippen LogP contribution in [0.15, 0.2) is 6.20 Å². The van der Waals surface area contributed by atoms with E-state index in [1.165, 1.54) is 38.5 Å². The number of nitrogens with two attached hydrogens (primary N) is 1. The van der Waals surface area contributed by atoms with Crippen LogP contribution in [0.3, 0.4) is 0 Å². The maximum absolute atomic E-state index is 5.87. The maximum atomic E-state index is 5.87. The minimum atomic E-state index is 0.105. The molecule has 2 rings (SSSR count). The molecular formula is C16H30N4O. The number of nitrogens with one attached hydrogen (secondary N) is 1. The standard InChI is InChI=1S/C16H30N4O/c1-12(2)20-16(15(21-3)11-18-20)14(19-17)10-13-8-6-4-5-7-9-13/h11-14,19H,4-10,17H2,1-3H3. The fourth-order valence-corrected chi connectivity index (χ4v) is 3.45. The van der Waals surface area contributed by atoms with E-state index < -0.39 is 0 Å². The van der Waals surface area contributed by atoms with Gasteiger partial charge < -0.3 is 4.74 Å². The van der Waals surface area contributed by atoms with Gasteiger partial charge in [-0.1, -0.05) is 38.5 Å². The second-order valence-electron chi connectivity index (χ2n) is 6.45. The first kappa shape index (κ1) is 16.3. The highest BCUT2D eigenvalue weighted by Crippen LogP contribution is 2.35. The fourth-order valence-electron chi connectivity index (χ4n) is 3.45. The molecule has 0 spiro atoms. The molecule has 5 nitrogen and oxygen atoms in total. The van der Waals surface area contributed by atoms with Gasteiger partial charge in [-0.2, -0.15) is 5.10 Å². The van der Waals surface area contributed by atoms with Crippen LogP contribution in [-0.2, 0) is 0 Å². The molecule has 5 heteroatoms. The van der Waals surface area contributed by atoms with E-state index in [4.69, 9.17) is 10.6 Å². The van der Waals surface area contributed by atoms with E-state index in [1.54, 1.807) is 13.3 Å². The van der Waals surface area contributed by atoms with Gasteiger partial charge in [0, 0.05) is 6.04 Å². The second-order valence-corrected chi connectivity index (χ2v) is 6.45. The van der Waals surface area contributed by atoms with Gasteiger partial charge in [0.2, 0.25) is 0 Å². The van der Waals surface area contributed by atoms with E-state index in [0.717, 1.165) is 23.8 Å². The van der Waals surface area contributed by atoms with Crippen LogP contribution < -0.4 is 16.0 Å². The zero-order chi connectivity index (χ0) is 15.2. The molecule has 0 amide bonds. The van der Waals surface area contributed by atoms with Gasteiger partial charge in [0.15, 0.2) is 5.75 Å². The van der Waals surface area contributed by atoms with E-state index in [1.807, 2.05) is 4.68 Å². The summed E-state index contributed by atoms with van der Waals surface area (Å²) in [5.74, 6) is 7.44. The lowest BCUT2D eigenvalue weighted by Gasteiger charge is -2.24. The highest BCUT2D eigenvalue weighted by atomic mass is 16.5. The average molecular weight is 294 g/mol. The summed E-state index contributed by atoms with van der Waals surface area (Å²) in [7, 11) is 1.70. The van der Waals surface area contributed by atoms with E-state index in [-0.39, 0.29) is 6.04 Å². The van der Waals surface area contributed by atoms with Crippen LogP contribution in [0, 0.1) is 5.92 Å².